The maximum absolute atomic E-state index is 12.3. The van der Waals surface area contributed by atoms with Crippen LogP contribution in [0.5, 0.6) is 0 Å². The molecule has 1 aliphatic carbocycles. The lowest BCUT2D eigenvalue weighted by Crippen LogP contribution is -2.46. The Labute approximate surface area is 117 Å². The Morgan fingerprint density at radius 1 is 1.11 bits per heavy atom. The molecular formula is C14H28N2O2S. The summed E-state index contributed by atoms with van der Waals surface area (Å²) >= 11 is 0. The molecule has 0 radical (unpaired) electrons. The summed E-state index contributed by atoms with van der Waals surface area (Å²) in [4.78, 5) is 0. The third kappa shape index (κ3) is 4.43. The molecule has 0 bridgehead atoms. The molecule has 1 saturated carbocycles. The molecule has 2 aliphatic rings. The summed E-state index contributed by atoms with van der Waals surface area (Å²) in [6, 6.07) is 0.149. The van der Waals surface area contributed by atoms with Crippen LogP contribution >= 0.6 is 0 Å². The van der Waals surface area contributed by atoms with E-state index in [0.717, 1.165) is 38.8 Å². The third-order valence-corrected chi connectivity index (χ3v) is 6.52. The second-order valence-corrected chi connectivity index (χ2v) is 8.26. The van der Waals surface area contributed by atoms with Gasteiger partial charge in [-0.3, -0.25) is 0 Å². The van der Waals surface area contributed by atoms with Crippen LogP contribution in [0.2, 0.25) is 0 Å². The summed E-state index contributed by atoms with van der Waals surface area (Å²) in [6.07, 6.45) is 5.34. The number of hydrogen-bond donors (Lipinski definition) is 2. The molecule has 4 nitrogen and oxygen atoms in total. The van der Waals surface area contributed by atoms with E-state index in [-0.39, 0.29) is 6.04 Å². The van der Waals surface area contributed by atoms with Crippen LogP contribution < -0.4 is 10.0 Å². The molecule has 1 saturated heterocycles. The number of nitrogens with one attached hydrogen (secondary N) is 2. The Bertz CT molecular complexity index is 377. The summed E-state index contributed by atoms with van der Waals surface area (Å²) in [6.45, 7) is 6.33. The van der Waals surface area contributed by atoms with Crippen molar-refractivity contribution in [3.63, 3.8) is 0 Å². The molecule has 2 N–H and O–H groups in total. The lowest BCUT2D eigenvalue weighted by Gasteiger charge is -2.34. The quantitative estimate of drug-likeness (QED) is 0.828. The maximum atomic E-state index is 12.3. The zero-order valence-corrected chi connectivity index (χ0v) is 13.0. The van der Waals surface area contributed by atoms with Crippen LogP contribution in [0.1, 0.15) is 46.0 Å². The standard InChI is InChI=1S/C14H28N2O2S/c1-11-4-3-5-14(12(11)2)16-19(17,18)10-13-6-8-15-9-7-13/h11-16H,3-10H2,1-2H3. The number of rotatable bonds is 4. The first-order chi connectivity index (χ1) is 8.98. The van der Waals surface area contributed by atoms with Crippen LogP contribution in [-0.2, 0) is 10.0 Å². The fraction of sp³-hybridized carbons (Fsp3) is 1.00. The van der Waals surface area contributed by atoms with Gasteiger partial charge < -0.3 is 5.32 Å². The van der Waals surface area contributed by atoms with Crippen molar-refractivity contribution in [3.8, 4) is 0 Å². The molecule has 5 heteroatoms. The predicted molar refractivity (Wildman–Crippen MR) is 78.5 cm³/mol. The van der Waals surface area contributed by atoms with Crippen LogP contribution in [0.15, 0.2) is 0 Å². The molecule has 1 aliphatic heterocycles. The topological polar surface area (TPSA) is 58.2 Å². The van der Waals surface area contributed by atoms with Crippen molar-refractivity contribution in [2.45, 2.75) is 52.0 Å². The number of sulfonamides is 1. The first-order valence-electron chi connectivity index (χ1n) is 7.68. The summed E-state index contributed by atoms with van der Waals surface area (Å²) in [5.74, 6) is 1.72. The van der Waals surface area contributed by atoms with E-state index in [1.165, 1.54) is 6.42 Å². The van der Waals surface area contributed by atoms with Gasteiger partial charge in [0.25, 0.3) is 0 Å². The highest BCUT2D eigenvalue weighted by Crippen LogP contribution is 2.30. The SMILES string of the molecule is CC1CCCC(NS(=O)(=O)CC2CCNCC2)C1C. The van der Waals surface area contributed by atoms with Crippen molar-refractivity contribution in [3.05, 3.63) is 0 Å². The van der Waals surface area contributed by atoms with E-state index in [1.807, 2.05) is 0 Å². The lowest BCUT2D eigenvalue weighted by molar-refractivity contribution is 0.226. The van der Waals surface area contributed by atoms with Gasteiger partial charge in [-0.25, -0.2) is 13.1 Å². The van der Waals surface area contributed by atoms with E-state index in [4.69, 9.17) is 0 Å². The van der Waals surface area contributed by atoms with Crippen LogP contribution in [-0.4, -0.2) is 33.3 Å². The molecule has 0 spiro atoms. The van der Waals surface area contributed by atoms with Gasteiger partial charge >= 0.3 is 0 Å². The highest BCUT2D eigenvalue weighted by Gasteiger charge is 2.31. The zero-order chi connectivity index (χ0) is 13.9. The fourth-order valence-electron chi connectivity index (χ4n) is 3.39. The Kier molecular flexibility index (Phi) is 5.26. The van der Waals surface area contributed by atoms with E-state index < -0.39 is 10.0 Å². The monoisotopic (exact) mass is 288 g/mol. The summed E-state index contributed by atoms with van der Waals surface area (Å²) in [7, 11) is -3.11. The molecule has 0 aromatic carbocycles. The van der Waals surface area contributed by atoms with E-state index in [2.05, 4.69) is 23.9 Å². The van der Waals surface area contributed by atoms with Gasteiger partial charge in [-0.2, -0.15) is 0 Å². The second-order valence-electron chi connectivity index (χ2n) is 6.47. The molecule has 0 aromatic heterocycles. The molecule has 3 unspecified atom stereocenters. The van der Waals surface area contributed by atoms with E-state index in [0.29, 0.717) is 23.5 Å². The van der Waals surface area contributed by atoms with E-state index >= 15 is 0 Å². The second kappa shape index (κ2) is 6.55. The van der Waals surface area contributed by atoms with Crippen LogP contribution in [0.3, 0.4) is 0 Å². The Morgan fingerprint density at radius 2 is 1.79 bits per heavy atom. The van der Waals surface area contributed by atoms with Crippen LogP contribution in [0.4, 0.5) is 0 Å². The number of hydrogen-bond acceptors (Lipinski definition) is 3. The highest BCUT2D eigenvalue weighted by atomic mass is 32.2. The van der Waals surface area contributed by atoms with Crippen molar-refractivity contribution >= 4 is 10.0 Å². The average molecular weight is 288 g/mol. The van der Waals surface area contributed by atoms with Crippen molar-refractivity contribution in [1.82, 2.24) is 10.0 Å². The normalized spacial score (nSPS) is 34.3. The molecular weight excluding hydrogens is 260 g/mol. The van der Waals surface area contributed by atoms with E-state index in [1.54, 1.807) is 0 Å². The van der Waals surface area contributed by atoms with Crippen molar-refractivity contribution in [1.29, 1.82) is 0 Å². The third-order valence-electron chi connectivity index (χ3n) is 4.95. The summed E-state index contributed by atoms with van der Waals surface area (Å²) < 4.78 is 27.5. The molecule has 0 aromatic rings. The first-order valence-corrected chi connectivity index (χ1v) is 9.34. The van der Waals surface area contributed by atoms with Gasteiger partial charge in [0.05, 0.1) is 5.75 Å². The van der Waals surface area contributed by atoms with Gasteiger partial charge in [0, 0.05) is 6.04 Å². The minimum Gasteiger partial charge on any atom is -0.317 e. The summed E-state index contributed by atoms with van der Waals surface area (Å²) in [5, 5.41) is 3.28. The first kappa shape index (κ1) is 15.3. The smallest absolute Gasteiger partial charge is 0.212 e. The molecule has 0 amide bonds. The van der Waals surface area contributed by atoms with Crippen molar-refractivity contribution in [2.24, 2.45) is 17.8 Å². The molecule has 2 fully saturated rings. The minimum absolute atomic E-state index is 0.149. The predicted octanol–water partition coefficient (Wildman–Crippen LogP) is 1.73. The summed E-state index contributed by atoms with van der Waals surface area (Å²) in [5.41, 5.74) is 0. The minimum atomic E-state index is -3.11. The van der Waals surface area contributed by atoms with Crippen molar-refractivity contribution < 1.29 is 8.42 Å². The largest absolute Gasteiger partial charge is 0.317 e. The average Bonchev–Trinajstić information content (AvgIpc) is 2.35. The van der Waals surface area contributed by atoms with Gasteiger partial charge in [0.15, 0.2) is 0 Å². The Balaban J connectivity index is 1.88. The van der Waals surface area contributed by atoms with Gasteiger partial charge in [-0.15, -0.1) is 0 Å². The Hall–Kier alpha value is -0.130. The number of piperidine rings is 1. The van der Waals surface area contributed by atoms with Gasteiger partial charge in [0.1, 0.15) is 0 Å². The van der Waals surface area contributed by atoms with Crippen LogP contribution in [0, 0.1) is 17.8 Å². The van der Waals surface area contributed by atoms with Gasteiger partial charge in [0.2, 0.25) is 10.0 Å². The molecule has 112 valence electrons. The molecule has 3 atom stereocenters. The zero-order valence-electron chi connectivity index (χ0n) is 12.2. The van der Waals surface area contributed by atoms with E-state index in [9.17, 15) is 8.42 Å². The Morgan fingerprint density at radius 3 is 2.47 bits per heavy atom. The maximum Gasteiger partial charge on any atom is 0.212 e. The molecule has 1 heterocycles. The lowest BCUT2D eigenvalue weighted by atomic mass is 9.78. The highest BCUT2D eigenvalue weighted by molar-refractivity contribution is 7.89. The molecule has 19 heavy (non-hydrogen) atoms. The molecule has 2 rings (SSSR count). The van der Waals surface area contributed by atoms with Gasteiger partial charge in [-0.05, 0) is 50.1 Å². The van der Waals surface area contributed by atoms with Gasteiger partial charge in [-0.1, -0.05) is 26.7 Å². The fourth-order valence-corrected chi connectivity index (χ4v) is 5.23. The van der Waals surface area contributed by atoms with Crippen LogP contribution in [0.25, 0.3) is 0 Å². The van der Waals surface area contributed by atoms with Crippen molar-refractivity contribution in [2.75, 3.05) is 18.8 Å².